The molecule has 1 atom stereocenters. The SMILES string of the molecule is O=C1Nc2ncccc2C12Cc1cc3ccc(-c4ccncc4)nc3cc1C2. The molecule has 0 bridgehead atoms. The van der Waals surface area contributed by atoms with Gasteiger partial charge in [0.2, 0.25) is 5.91 Å². The summed E-state index contributed by atoms with van der Waals surface area (Å²) in [5.41, 5.74) is 5.80. The third kappa shape index (κ3) is 2.07. The van der Waals surface area contributed by atoms with E-state index >= 15 is 0 Å². The lowest BCUT2D eigenvalue weighted by molar-refractivity contribution is -0.120. The molecule has 3 aromatic heterocycles. The summed E-state index contributed by atoms with van der Waals surface area (Å²) < 4.78 is 0. The van der Waals surface area contributed by atoms with E-state index in [2.05, 4.69) is 33.5 Å². The van der Waals surface area contributed by atoms with Crippen LogP contribution in [-0.4, -0.2) is 20.9 Å². The van der Waals surface area contributed by atoms with Crippen LogP contribution in [0.1, 0.15) is 16.7 Å². The number of carbonyl (C=O) groups is 1. The Morgan fingerprint density at radius 3 is 2.61 bits per heavy atom. The first kappa shape index (κ1) is 15.5. The quantitative estimate of drug-likeness (QED) is 0.559. The predicted octanol–water partition coefficient (Wildman–Crippen LogP) is 3.68. The summed E-state index contributed by atoms with van der Waals surface area (Å²) in [7, 11) is 0. The van der Waals surface area contributed by atoms with Crippen molar-refractivity contribution in [1.29, 1.82) is 0 Å². The van der Waals surface area contributed by atoms with Gasteiger partial charge in [-0.3, -0.25) is 9.78 Å². The van der Waals surface area contributed by atoms with Crippen molar-refractivity contribution in [2.45, 2.75) is 18.3 Å². The molecule has 5 heteroatoms. The highest BCUT2D eigenvalue weighted by molar-refractivity contribution is 6.06. The number of rotatable bonds is 1. The molecule has 1 aromatic carbocycles. The Bertz CT molecular complexity index is 1270. The smallest absolute Gasteiger partial charge is 0.237 e. The van der Waals surface area contributed by atoms with Gasteiger partial charge in [-0.05, 0) is 60.4 Å². The van der Waals surface area contributed by atoms with Crippen LogP contribution < -0.4 is 5.32 Å². The first-order valence-corrected chi connectivity index (χ1v) is 9.33. The van der Waals surface area contributed by atoms with Gasteiger partial charge in [-0.1, -0.05) is 12.1 Å². The van der Waals surface area contributed by atoms with E-state index in [1.807, 2.05) is 30.3 Å². The van der Waals surface area contributed by atoms with Crippen molar-refractivity contribution in [2.75, 3.05) is 5.32 Å². The van der Waals surface area contributed by atoms with Crippen molar-refractivity contribution in [1.82, 2.24) is 15.0 Å². The maximum atomic E-state index is 12.9. The van der Waals surface area contributed by atoms with Crippen LogP contribution in [0.2, 0.25) is 0 Å². The van der Waals surface area contributed by atoms with Gasteiger partial charge in [0.1, 0.15) is 5.82 Å². The third-order valence-corrected chi connectivity index (χ3v) is 5.96. The summed E-state index contributed by atoms with van der Waals surface area (Å²) in [6, 6.07) is 16.3. The van der Waals surface area contributed by atoms with Crippen molar-refractivity contribution in [2.24, 2.45) is 0 Å². The zero-order valence-corrected chi connectivity index (χ0v) is 15.0. The van der Waals surface area contributed by atoms with Crippen molar-refractivity contribution in [3.05, 3.63) is 83.8 Å². The molecule has 6 rings (SSSR count). The molecule has 5 nitrogen and oxygen atoms in total. The molecule has 28 heavy (non-hydrogen) atoms. The summed E-state index contributed by atoms with van der Waals surface area (Å²) in [6.07, 6.45) is 6.66. The molecule has 1 amide bonds. The Morgan fingerprint density at radius 2 is 1.75 bits per heavy atom. The van der Waals surface area contributed by atoms with Gasteiger partial charge in [0.25, 0.3) is 0 Å². The number of pyridine rings is 3. The van der Waals surface area contributed by atoms with Gasteiger partial charge in [-0.15, -0.1) is 0 Å². The maximum absolute atomic E-state index is 12.9. The van der Waals surface area contributed by atoms with Crippen molar-refractivity contribution >= 4 is 22.6 Å². The lowest BCUT2D eigenvalue weighted by Gasteiger charge is -2.20. The lowest BCUT2D eigenvalue weighted by atomic mass is 9.79. The summed E-state index contributed by atoms with van der Waals surface area (Å²) in [5.74, 6) is 0.745. The van der Waals surface area contributed by atoms with Crippen LogP contribution in [0.15, 0.2) is 67.1 Å². The number of nitrogens with zero attached hydrogens (tertiary/aromatic N) is 3. The highest BCUT2D eigenvalue weighted by atomic mass is 16.2. The van der Waals surface area contributed by atoms with Crippen molar-refractivity contribution in [3.8, 4) is 11.3 Å². The Hall–Kier alpha value is -3.60. The molecule has 0 fully saturated rings. The van der Waals surface area contributed by atoms with E-state index in [1.165, 1.54) is 11.1 Å². The minimum atomic E-state index is -0.544. The highest BCUT2D eigenvalue weighted by Crippen LogP contribution is 2.47. The molecule has 0 saturated carbocycles. The minimum absolute atomic E-state index is 0.0480. The second kappa shape index (κ2) is 5.45. The number of fused-ring (bicyclic) bond motifs is 4. The molecule has 2 aliphatic rings. The standard InChI is InChI=1S/C23H16N4O/c28-22-23(18-2-1-7-25-21(18)27-22)12-16-10-15-3-4-19(14-5-8-24-9-6-14)26-20(15)11-17(16)13-23/h1-11H,12-13H2,(H,25,27,28). The van der Waals surface area contributed by atoms with Crippen LogP contribution in [0.5, 0.6) is 0 Å². The maximum Gasteiger partial charge on any atom is 0.237 e. The fourth-order valence-electron chi connectivity index (χ4n) is 4.58. The Labute approximate surface area is 161 Å². The summed E-state index contributed by atoms with van der Waals surface area (Å²) in [4.78, 5) is 26.2. The molecule has 134 valence electrons. The second-order valence-corrected chi connectivity index (χ2v) is 7.54. The predicted molar refractivity (Wildman–Crippen MR) is 107 cm³/mol. The summed E-state index contributed by atoms with van der Waals surface area (Å²) in [5, 5.41) is 4.06. The van der Waals surface area contributed by atoms with E-state index in [0.29, 0.717) is 18.7 Å². The van der Waals surface area contributed by atoms with E-state index in [9.17, 15) is 4.79 Å². The Morgan fingerprint density at radius 1 is 0.929 bits per heavy atom. The molecule has 1 spiro atoms. The molecule has 4 heterocycles. The van der Waals surface area contributed by atoms with Crippen LogP contribution in [0, 0.1) is 0 Å². The van der Waals surface area contributed by atoms with Gasteiger partial charge >= 0.3 is 0 Å². The largest absolute Gasteiger partial charge is 0.310 e. The molecule has 1 N–H and O–H groups in total. The fourth-order valence-corrected chi connectivity index (χ4v) is 4.58. The molecule has 0 saturated heterocycles. The van der Waals surface area contributed by atoms with Crippen LogP contribution in [0.3, 0.4) is 0 Å². The minimum Gasteiger partial charge on any atom is -0.310 e. The van der Waals surface area contributed by atoms with Gasteiger partial charge in [-0.2, -0.15) is 0 Å². The van der Waals surface area contributed by atoms with Gasteiger partial charge < -0.3 is 5.32 Å². The van der Waals surface area contributed by atoms with E-state index < -0.39 is 5.41 Å². The Balaban J connectivity index is 1.47. The van der Waals surface area contributed by atoms with E-state index in [-0.39, 0.29) is 5.91 Å². The zero-order chi connectivity index (χ0) is 18.7. The lowest BCUT2D eigenvalue weighted by Crippen LogP contribution is -2.35. The van der Waals surface area contributed by atoms with Crippen LogP contribution in [-0.2, 0) is 23.1 Å². The third-order valence-electron chi connectivity index (χ3n) is 5.96. The monoisotopic (exact) mass is 364 g/mol. The number of aromatic nitrogens is 3. The highest BCUT2D eigenvalue weighted by Gasteiger charge is 2.51. The van der Waals surface area contributed by atoms with E-state index in [1.54, 1.807) is 18.6 Å². The first-order chi connectivity index (χ1) is 13.7. The molecule has 1 aliphatic heterocycles. The average Bonchev–Trinajstić information content (AvgIpc) is 3.24. The Kier molecular flexibility index (Phi) is 3.01. The topological polar surface area (TPSA) is 67.8 Å². The molecule has 4 aromatic rings. The number of nitrogens with one attached hydrogen (secondary N) is 1. The van der Waals surface area contributed by atoms with Gasteiger partial charge in [0, 0.05) is 35.1 Å². The van der Waals surface area contributed by atoms with E-state index in [4.69, 9.17) is 4.98 Å². The number of anilines is 1. The van der Waals surface area contributed by atoms with Crippen molar-refractivity contribution < 1.29 is 4.79 Å². The van der Waals surface area contributed by atoms with Gasteiger partial charge in [0.15, 0.2) is 0 Å². The number of hydrogen-bond donors (Lipinski definition) is 1. The number of benzene rings is 1. The second-order valence-electron chi connectivity index (χ2n) is 7.54. The molecular formula is C23H16N4O. The fraction of sp³-hybridized carbons (Fsp3) is 0.130. The normalized spacial score (nSPS) is 19.6. The van der Waals surface area contributed by atoms with Crippen LogP contribution in [0.4, 0.5) is 5.82 Å². The van der Waals surface area contributed by atoms with Crippen LogP contribution in [0.25, 0.3) is 22.2 Å². The summed E-state index contributed by atoms with van der Waals surface area (Å²) in [6.45, 7) is 0. The van der Waals surface area contributed by atoms with Gasteiger partial charge in [0.05, 0.1) is 16.6 Å². The van der Waals surface area contributed by atoms with E-state index in [0.717, 1.165) is 27.7 Å². The van der Waals surface area contributed by atoms with Crippen molar-refractivity contribution in [3.63, 3.8) is 0 Å². The zero-order valence-electron chi connectivity index (χ0n) is 15.0. The number of carbonyl (C=O) groups excluding carboxylic acids is 1. The number of amides is 1. The first-order valence-electron chi connectivity index (χ1n) is 9.33. The molecule has 1 unspecified atom stereocenters. The van der Waals surface area contributed by atoms with Crippen LogP contribution >= 0.6 is 0 Å². The molecule has 1 aliphatic carbocycles. The average molecular weight is 364 g/mol. The molecular weight excluding hydrogens is 348 g/mol. The van der Waals surface area contributed by atoms with Gasteiger partial charge in [-0.25, -0.2) is 9.97 Å². The number of hydrogen-bond acceptors (Lipinski definition) is 4. The summed E-state index contributed by atoms with van der Waals surface area (Å²) >= 11 is 0. The molecule has 0 radical (unpaired) electrons.